The summed E-state index contributed by atoms with van der Waals surface area (Å²) in [5.74, 6) is 0. The van der Waals surface area contributed by atoms with E-state index in [9.17, 15) is 0 Å². The fourth-order valence-electron chi connectivity index (χ4n) is 1.13. The Morgan fingerprint density at radius 2 is 2.17 bits per heavy atom. The van der Waals surface area contributed by atoms with Crippen molar-refractivity contribution in [3.05, 3.63) is 31.7 Å². The molecule has 0 N–H and O–H groups in total. The van der Waals surface area contributed by atoms with Crippen LogP contribution in [0, 0.1) is 10.5 Å². The SMILES string of the molecule is Cc1cc2c(Cl)csc2cc1I. The minimum absolute atomic E-state index is 0.870. The molecule has 1 aromatic carbocycles. The lowest BCUT2D eigenvalue weighted by Crippen LogP contribution is -1.77. The molecule has 0 radical (unpaired) electrons. The number of hydrogen-bond acceptors (Lipinski definition) is 1. The molecule has 0 saturated heterocycles. The molecule has 0 aliphatic rings. The highest BCUT2D eigenvalue weighted by molar-refractivity contribution is 14.1. The van der Waals surface area contributed by atoms with E-state index in [0.717, 1.165) is 5.02 Å². The third-order valence-electron chi connectivity index (χ3n) is 1.81. The van der Waals surface area contributed by atoms with Gasteiger partial charge in [0.25, 0.3) is 0 Å². The summed E-state index contributed by atoms with van der Waals surface area (Å²) >= 11 is 10.1. The van der Waals surface area contributed by atoms with E-state index in [2.05, 4.69) is 41.6 Å². The van der Waals surface area contributed by atoms with Crippen molar-refractivity contribution in [2.75, 3.05) is 0 Å². The third-order valence-corrected chi connectivity index (χ3v) is 4.36. The number of benzene rings is 1. The third kappa shape index (κ3) is 1.36. The molecule has 1 heterocycles. The molecule has 0 spiro atoms. The molecular formula is C9H6ClIS. The van der Waals surface area contributed by atoms with E-state index in [1.54, 1.807) is 11.3 Å². The first-order valence-electron chi connectivity index (χ1n) is 3.51. The zero-order chi connectivity index (χ0) is 8.72. The first-order chi connectivity index (χ1) is 5.68. The van der Waals surface area contributed by atoms with Crippen LogP contribution < -0.4 is 0 Å². The van der Waals surface area contributed by atoms with Crippen LogP contribution in [-0.4, -0.2) is 0 Å². The second-order valence-corrected chi connectivity index (χ2v) is 5.16. The molecule has 0 amide bonds. The van der Waals surface area contributed by atoms with Gasteiger partial charge in [-0.1, -0.05) is 11.6 Å². The maximum absolute atomic E-state index is 6.00. The van der Waals surface area contributed by atoms with Gasteiger partial charge in [0.15, 0.2) is 0 Å². The Hall–Kier alpha value is 0.200. The van der Waals surface area contributed by atoms with E-state index in [0.29, 0.717) is 0 Å². The second kappa shape index (κ2) is 3.16. The van der Waals surface area contributed by atoms with Crippen LogP contribution in [0.5, 0.6) is 0 Å². The van der Waals surface area contributed by atoms with E-state index in [1.807, 2.05) is 5.38 Å². The van der Waals surface area contributed by atoms with Crippen LogP contribution in [0.25, 0.3) is 10.1 Å². The van der Waals surface area contributed by atoms with Crippen molar-refractivity contribution in [3.63, 3.8) is 0 Å². The Bertz CT molecular complexity index is 433. The van der Waals surface area contributed by atoms with Crippen LogP contribution in [0.15, 0.2) is 17.5 Å². The number of halogens is 2. The van der Waals surface area contributed by atoms with E-state index in [4.69, 9.17) is 11.6 Å². The molecule has 0 unspecified atom stereocenters. The summed E-state index contributed by atoms with van der Waals surface area (Å²) < 4.78 is 2.58. The summed E-state index contributed by atoms with van der Waals surface area (Å²) in [6, 6.07) is 4.33. The van der Waals surface area contributed by atoms with Gasteiger partial charge in [-0.2, -0.15) is 0 Å². The van der Waals surface area contributed by atoms with E-state index < -0.39 is 0 Å². The van der Waals surface area contributed by atoms with Gasteiger partial charge < -0.3 is 0 Å². The van der Waals surface area contributed by atoms with Gasteiger partial charge in [-0.15, -0.1) is 11.3 Å². The summed E-state index contributed by atoms with van der Waals surface area (Å²) in [6.45, 7) is 2.11. The van der Waals surface area contributed by atoms with Crippen LogP contribution in [0.2, 0.25) is 5.02 Å². The van der Waals surface area contributed by atoms with Crippen LogP contribution in [0.3, 0.4) is 0 Å². The molecule has 12 heavy (non-hydrogen) atoms. The topological polar surface area (TPSA) is 0 Å². The van der Waals surface area contributed by atoms with Gasteiger partial charge in [-0.3, -0.25) is 0 Å². The standard InChI is InChI=1S/C9H6ClIS/c1-5-2-6-7(10)4-12-9(6)3-8(5)11/h2-4H,1H3. The lowest BCUT2D eigenvalue weighted by atomic mass is 10.2. The van der Waals surface area contributed by atoms with Crippen molar-refractivity contribution in [1.82, 2.24) is 0 Å². The Balaban J connectivity index is 2.87. The Morgan fingerprint density at radius 1 is 1.42 bits per heavy atom. The summed E-state index contributed by atoms with van der Waals surface area (Å²) in [5.41, 5.74) is 1.29. The number of aryl methyl sites for hydroxylation is 1. The Kier molecular flexibility index (Phi) is 2.31. The van der Waals surface area contributed by atoms with Crippen molar-refractivity contribution >= 4 is 55.6 Å². The molecular weight excluding hydrogens is 303 g/mol. The first-order valence-corrected chi connectivity index (χ1v) is 5.85. The molecule has 0 nitrogen and oxygen atoms in total. The molecule has 2 aromatic rings. The van der Waals surface area contributed by atoms with Gasteiger partial charge in [-0.25, -0.2) is 0 Å². The molecule has 62 valence electrons. The van der Waals surface area contributed by atoms with Crippen LogP contribution in [0.1, 0.15) is 5.56 Å². The van der Waals surface area contributed by atoms with Gasteiger partial charge in [0, 0.05) is 19.0 Å². The maximum atomic E-state index is 6.00. The zero-order valence-electron chi connectivity index (χ0n) is 6.40. The minimum atomic E-state index is 0.870. The molecule has 1 aromatic heterocycles. The number of thiophene rings is 1. The number of hydrogen-bond donors (Lipinski definition) is 0. The summed E-state index contributed by atoms with van der Waals surface area (Å²) in [7, 11) is 0. The van der Waals surface area contributed by atoms with Gasteiger partial charge in [-0.05, 0) is 47.2 Å². The average molecular weight is 309 g/mol. The largest absolute Gasteiger partial charge is 0.142 e. The smallest absolute Gasteiger partial charge is 0.0591 e. The Labute approximate surface area is 93.7 Å². The zero-order valence-corrected chi connectivity index (χ0v) is 10.1. The summed E-state index contributed by atoms with van der Waals surface area (Å²) in [6.07, 6.45) is 0. The fourth-order valence-corrected chi connectivity index (χ4v) is 2.99. The summed E-state index contributed by atoms with van der Waals surface area (Å²) in [4.78, 5) is 0. The monoisotopic (exact) mass is 308 g/mol. The van der Waals surface area contributed by atoms with Gasteiger partial charge >= 0.3 is 0 Å². The predicted molar refractivity (Wildman–Crippen MR) is 64.3 cm³/mol. The fraction of sp³-hybridized carbons (Fsp3) is 0.111. The van der Waals surface area contributed by atoms with Gasteiger partial charge in [0.05, 0.1) is 5.02 Å². The maximum Gasteiger partial charge on any atom is 0.0591 e. The summed E-state index contributed by atoms with van der Waals surface area (Å²) in [5, 5.41) is 4.04. The van der Waals surface area contributed by atoms with Crippen molar-refractivity contribution in [1.29, 1.82) is 0 Å². The van der Waals surface area contributed by atoms with Crippen LogP contribution in [-0.2, 0) is 0 Å². The van der Waals surface area contributed by atoms with Crippen molar-refractivity contribution in [3.8, 4) is 0 Å². The van der Waals surface area contributed by atoms with Crippen molar-refractivity contribution in [2.45, 2.75) is 6.92 Å². The van der Waals surface area contributed by atoms with Crippen LogP contribution in [0.4, 0.5) is 0 Å². The van der Waals surface area contributed by atoms with E-state index >= 15 is 0 Å². The molecule has 0 bridgehead atoms. The number of fused-ring (bicyclic) bond motifs is 1. The van der Waals surface area contributed by atoms with Crippen molar-refractivity contribution in [2.24, 2.45) is 0 Å². The lowest BCUT2D eigenvalue weighted by Gasteiger charge is -1.97. The molecule has 2 rings (SSSR count). The van der Waals surface area contributed by atoms with E-state index in [1.165, 1.54) is 19.2 Å². The molecule has 3 heteroatoms. The highest BCUT2D eigenvalue weighted by atomic mass is 127. The average Bonchev–Trinajstić information content (AvgIpc) is 2.35. The van der Waals surface area contributed by atoms with E-state index in [-0.39, 0.29) is 0 Å². The first kappa shape index (κ1) is 8.78. The number of rotatable bonds is 0. The minimum Gasteiger partial charge on any atom is -0.142 e. The molecule has 0 aliphatic heterocycles. The quantitative estimate of drug-likeness (QED) is 0.630. The Morgan fingerprint density at radius 3 is 2.92 bits per heavy atom. The molecule has 0 saturated carbocycles. The van der Waals surface area contributed by atoms with Gasteiger partial charge in [0.1, 0.15) is 0 Å². The molecule has 0 fully saturated rings. The van der Waals surface area contributed by atoms with Crippen molar-refractivity contribution < 1.29 is 0 Å². The highest BCUT2D eigenvalue weighted by Gasteiger charge is 2.03. The second-order valence-electron chi connectivity index (χ2n) is 2.68. The normalized spacial score (nSPS) is 10.9. The molecule has 0 atom stereocenters. The molecule has 0 aliphatic carbocycles. The van der Waals surface area contributed by atoms with Gasteiger partial charge in [0.2, 0.25) is 0 Å². The van der Waals surface area contributed by atoms with Crippen LogP contribution >= 0.6 is 45.5 Å². The predicted octanol–water partition coefficient (Wildman–Crippen LogP) is 4.47. The highest BCUT2D eigenvalue weighted by Crippen LogP contribution is 2.32. The lowest BCUT2D eigenvalue weighted by molar-refractivity contribution is 1.47.